The first kappa shape index (κ1) is 8.74. The predicted octanol–water partition coefficient (Wildman–Crippen LogP) is 1.03. The fourth-order valence-corrected chi connectivity index (χ4v) is 1.41. The highest BCUT2D eigenvalue weighted by molar-refractivity contribution is 5.86. The number of hydrogen-bond acceptors (Lipinski definition) is 3. The molecule has 1 amide bonds. The van der Waals surface area contributed by atoms with E-state index < -0.39 is 0 Å². The second-order valence-electron chi connectivity index (χ2n) is 3.21. The van der Waals surface area contributed by atoms with Crippen molar-refractivity contribution in [1.29, 1.82) is 0 Å². The van der Waals surface area contributed by atoms with E-state index in [4.69, 9.17) is 4.84 Å². The van der Waals surface area contributed by atoms with Gasteiger partial charge in [0.2, 0.25) is 0 Å². The normalized spacial score (nSPS) is 19.2. The Labute approximate surface area is 80.8 Å². The molecule has 0 radical (unpaired) electrons. The van der Waals surface area contributed by atoms with Crippen LogP contribution >= 0.6 is 0 Å². The minimum atomic E-state index is -0.279. The number of hydroxylamine groups is 1. The maximum absolute atomic E-state index is 11.2. The van der Waals surface area contributed by atoms with E-state index in [0.29, 0.717) is 11.3 Å². The van der Waals surface area contributed by atoms with Gasteiger partial charge in [0, 0.05) is 11.1 Å². The van der Waals surface area contributed by atoms with Crippen LogP contribution < -0.4 is 10.3 Å². The van der Waals surface area contributed by atoms with Crippen molar-refractivity contribution < 1.29 is 14.4 Å². The van der Waals surface area contributed by atoms with Crippen LogP contribution in [-0.2, 0) is 4.79 Å². The summed E-state index contributed by atoms with van der Waals surface area (Å²) in [5.74, 6) is 0.127. The molecule has 2 rings (SSSR count). The van der Waals surface area contributed by atoms with Crippen molar-refractivity contribution in [3.05, 3.63) is 29.3 Å². The standard InChI is InChI=1S/C10H9NO3/c1-6-8-4-7(5-12)2-3-9(8)14-11-10(6)13/h2-6H,1H3,(H,11,13). The van der Waals surface area contributed by atoms with Crippen LogP contribution in [0.15, 0.2) is 18.2 Å². The second kappa shape index (κ2) is 3.14. The van der Waals surface area contributed by atoms with Gasteiger partial charge in [0.05, 0.1) is 5.92 Å². The number of benzene rings is 1. The molecule has 1 atom stereocenters. The fraction of sp³-hybridized carbons (Fsp3) is 0.200. The predicted molar refractivity (Wildman–Crippen MR) is 49.0 cm³/mol. The smallest absolute Gasteiger partial charge is 0.259 e. The molecule has 1 aliphatic rings. The van der Waals surface area contributed by atoms with Gasteiger partial charge in [-0.15, -0.1) is 0 Å². The number of rotatable bonds is 1. The van der Waals surface area contributed by atoms with Gasteiger partial charge in [-0.2, -0.15) is 5.48 Å². The summed E-state index contributed by atoms with van der Waals surface area (Å²) in [7, 11) is 0. The van der Waals surface area contributed by atoms with Gasteiger partial charge < -0.3 is 4.84 Å². The van der Waals surface area contributed by atoms with Gasteiger partial charge in [0.25, 0.3) is 5.91 Å². The molecule has 0 aliphatic carbocycles. The summed E-state index contributed by atoms with van der Waals surface area (Å²) >= 11 is 0. The zero-order valence-corrected chi connectivity index (χ0v) is 7.61. The van der Waals surface area contributed by atoms with Gasteiger partial charge in [-0.05, 0) is 25.1 Å². The monoisotopic (exact) mass is 191 g/mol. The molecule has 0 bridgehead atoms. The number of carbonyl (C=O) groups is 2. The van der Waals surface area contributed by atoms with Crippen molar-refractivity contribution in [2.45, 2.75) is 12.8 Å². The minimum Gasteiger partial charge on any atom is -0.379 e. The Bertz CT molecular complexity index is 400. The van der Waals surface area contributed by atoms with E-state index in [2.05, 4.69) is 5.48 Å². The lowest BCUT2D eigenvalue weighted by Crippen LogP contribution is -2.35. The van der Waals surface area contributed by atoms with Crippen LogP contribution in [0.25, 0.3) is 0 Å². The van der Waals surface area contributed by atoms with E-state index in [-0.39, 0.29) is 11.8 Å². The Morgan fingerprint density at radius 3 is 3.00 bits per heavy atom. The number of fused-ring (bicyclic) bond motifs is 1. The lowest BCUT2D eigenvalue weighted by molar-refractivity contribution is -0.130. The molecule has 4 nitrogen and oxygen atoms in total. The minimum absolute atomic E-state index is 0.194. The number of nitrogens with one attached hydrogen (secondary N) is 1. The van der Waals surface area contributed by atoms with Crippen molar-refractivity contribution in [3.8, 4) is 5.75 Å². The highest BCUT2D eigenvalue weighted by Gasteiger charge is 2.25. The molecule has 4 heteroatoms. The van der Waals surface area contributed by atoms with Gasteiger partial charge in [-0.3, -0.25) is 9.59 Å². The Morgan fingerprint density at radius 1 is 1.50 bits per heavy atom. The fourth-order valence-electron chi connectivity index (χ4n) is 1.41. The van der Waals surface area contributed by atoms with Crippen molar-refractivity contribution in [1.82, 2.24) is 5.48 Å². The second-order valence-corrected chi connectivity index (χ2v) is 3.21. The van der Waals surface area contributed by atoms with Crippen LogP contribution in [0.5, 0.6) is 5.75 Å². The first-order valence-corrected chi connectivity index (χ1v) is 4.28. The summed E-state index contributed by atoms with van der Waals surface area (Å²) in [5.41, 5.74) is 3.60. The number of aldehydes is 1. The molecule has 14 heavy (non-hydrogen) atoms. The molecule has 0 fully saturated rings. The molecule has 0 aromatic heterocycles. The lowest BCUT2D eigenvalue weighted by atomic mass is 9.97. The largest absolute Gasteiger partial charge is 0.379 e. The van der Waals surface area contributed by atoms with Crippen LogP contribution in [0.3, 0.4) is 0 Å². The van der Waals surface area contributed by atoms with Gasteiger partial charge in [-0.25, -0.2) is 0 Å². The first-order valence-electron chi connectivity index (χ1n) is 4.28. The Morgan fingerprint density at radius 2 is 2.29 bits per heavy atom. The van der Waals surface area contributed by atoms with Crippen molar-refractivity contribution >= 4 is 12.2 Å². The molecular weight excluding hydrogens is 182 g/mol. The highest BCUT2D eigenvalue weighted by Crippen LogP contribution is 2.30. The van der Waals surface area contributed by atoms with Crippen LogP contribution in [0, 0.1) is 0 Å². The third kappa shape index (κ3) is 1.25. The average molecular weight is 191 g/mol. The molecule has 1 unspecified atom stereocenters. The summed E-state index contributed by atoms with van der Waals surface area (Å²) < 4.78 is 0. The van der Waals surface area contributed by atoms with Gasteiger partial charge in [0.1, 0.15) is 6.29 Å². The molecule has 1 N–H and O–H groups in total. The van der Waals surface area contributed by atoms with Crippen LogP contribution in [-0.4, -0.2) is 12.2 Å². The summed E-state index contributed by atoms with van der Waals surface area (Å²) in [5, 5.41) is 0. The molecule has 0 saturated carbocycles. The zero-order chi connectivity index (χ0) is 10.1. The van der Waals surface area contributed by atoms with Gasteiger partial charge >= 0.3 is 0 Å². The molecule has 1 heterocycles. The molecular formula is C10H9NO3. The summed E-state index contributed by atoms with van der Waals surface area (Å²) in [4.78, 5) is 26.8. The third-order valence-corrected chi connectivity index (χ3v) is 2.29. The maximum atomic E-state index is 11.2. The summed E-state index contributed by atoms with van der Waals surface area (Å²) in [6, 6.07) is 5.00. The first-order chi connectivity index (χ1) is 6.72. The summed E-state index contributed by atoms with van der Waals surface area (Å²) in [6.07, 6.45) is 0.750. The van der Waals surface area contributed by atoms with E-state index in [1.165, 1.54) is 0 Å². The van der Waals surface area contributed by atoms with E-state index >= 15 is 0 Å². The average Bonchev–Trinajstić information content (AvgIpc) is 2.23. The molecule has 72 valence electrons. The molecule has 1 aliphatic heterocycles. The van der Waals surface area contributed by atoms with Crippen molar-refractivity contribution in [3.63, 3.8) is 0 Å². The van der Waals surface area contributed by atoms with E-state index in [0.717, 1.165) is 11.8 Å². The van der Waals surface area contributed by atoms with Crippen molar-refractivity contribution in [2.75, 3.05) is 0 Å². The van der Waals surface area contributed by atoms with Crippen LogP contribution in [0.2, 0.25) is 0 Å². The van der Waals surface area contributed by atoms with E-state index in [1.807, 2.05) is 0 Å². The SMILES string of the molecule is CC1C(=O)NOc2ccc(C=O)cc21. The number of carbonyl (C=O) groups excluding carboxylic acids is 2. The topological polar surface area (TPSA) is 55.4 Å². The van der Waals surface area contributed by atoms with Crippen LogP contribution in [0.1, 0.15) is 28.8 Å². The maximum Gasteiger partial charge on any atom is 0.259 e. The Balaban J connectivity index is 2.51. The number of hydrogen-bond donors (Lipinski definition) is 1. The lowest BCUT2D eigenvalue weighted by Gasteiger charge is -2.22. The Hall–Kier alpha value is -1.84. The van der Waals surface area contributed by atoms with E-state index in [9.17, 15) is 9.59 Å². The van der Waals surface area contributed by atoms with Crippen LogP contribution in [0.4, 0.5) is 0 Å². The van der Waals surface area contributed by atoms with E-state index in [1.54, 1.807) is 25.1 Å². The molecule has 0 saturated heterocycles. The number of amides is 1. The van der Waals surface area contributed by atoms with Crippen molar-refractivity contribution in [2.24, 2.45) is 0 Å². The highest BCUT2D eigenvalue weighted by atomic mass is 16.7. The zero-order valence-electron chi connectivity index (χ0n) is 7.61. The van der Waals surface area contributed by atoms with Gasteiger partial charge in [-0.1, -0.05) is 0 Å². The molecule has 1 aromatic carbocycles. The molecule has 0 spiro atoms. The third-order valence-electron chi connectivity index (χ3n) is 2.29. The summed E-state index contributed by atoms with van der Waals surface area (Å²) in [6.45, 7) is 1.77. The van der Waals surface area contributed by atoms with Gasteiger partial charge in [0.15, 0.2) is 5.75 Å². The molecule has 1 aromatic rings. The quantitative estimate of drug-likeness (QED) is 0.674. The Kier molecular flexibility index (Phi) is 1.96.